The number of halogens is 3. The van der Waals surface area contributed by atoms with Crippen LogP contribution in [0.25, 0.3) is 0 Å². The summed E-state index contributed by atoms with van der Waals surface area (Å²) < 4.78 is 67.1. The molecule has 25 heavy (non-hydrogen) atoms. The zero-order valence-corrected chi connectivity index (χ0v) is 13.9. The van der Waals surface area contributed by atoms with Crippen molar-refractivity contribution >= 4 is 27.6 Å². The molecule has 0 spiro atoms. The summed E-state index contributed by atoms with van der Waals surface area (Å²) >= 11 is 0. The molecular formula is C14H14F3N3O4S. The minimum Gasteiger partial charge on any atom is -0.430 e. The number of sulfonamides is 1. The average Bonchev–Trinajstić information content (AvgIpc) is 2.95. The third-order valence-corrected chi connectivity index (χ3v) is 4.37. The highest BCUT2D eigenvalue weighted by atomic mass is 32.2. The Morgan fingerprint density at radius 1 is 1.28 bits per heavy atom. The Labute approximate surface area is 141 Å². The lowest BCUT2D eigenvalue weighted by atomic mass is 10.0. The molecule has 1 amide bonds. The first-order valence-electron chi connectivity index (χ1n) is 6.83. The number of benzene rings is 1. The zero-order valence-electron chi connectivity index (χ0n) is 13.1. The molecule has 0 aliphatic carbocycles. The molecule has 1 atom stereocenters. The van der Waals surface area contributed by atoms with Gasteiger partial charge in [0.05, 0.1) is 17.9 Å². The lowest BCUT2D eigenvalue weighted by Gasteiger charge is -2.19. The van der Waals surface area contributed by atoms with E-state index >= 15 is 0 Å². The zero-order chi connectivity index (χ0) is 19.0. The van der Waals surface area contributed by atoms with Crippen molar-refractivity contribution in [2.75, 3.05) is 10.6 Å². The Bertz CT molecular complexity index is 875. The predicted molar refractivity (Wildman–Crippen MR) is 82.5 cm³/mol. The minimum atomic E-state index is -4.77. The van der Waals surface area contributed by atoms with Crippen molar-refractivity contribution in [1.82, 2.24) is 4.98 Å². The van der Waals surface area contributed by atoms with Gasteiger partial charge in [-0.1, -0.05) is 12.1 Å². The van der Waals surface area contributed by atoms with Gasteiger partial charge in [0.25, 0.3) is 0 Å². The first kappa shape index (κ1) is 18.8. The van der Waals surface area contributed by atoms with Gasteiger partial charge in [0.2, 0.25) is 15.9 Å². The average molecular weight is 377 g/mol. The van der Waals surface area contributed by atoms with E-state index in [1.165, 1.54) is 24.3 Å². The van der Waals surface area contributed by atoms with Gasteiger partial charge in [-0.05, 0) is 24.6 Å². The summed E-state index contributed by atoms with van der Waals surface area (Å²) in [6.45, 7) is 1.56. The normalized spacial score (nSPS) is 13.5. The van der Waals surface area contributed by atoms with Gasteiger partial charge in [-0.2, -0.15) is 22.5 Å². The molecule has 0 radical (unpaired) electrons. The van der Waals surface area contributed by atoms with Crippen LogP contribution in [0.2, 0.25) is 0 Å². The van der Waals surface area contributed by atoms with Gasteiger partial charge in [-0.3, -0.25) is 4.79 Å². The maximum Gasteiger partial charge on any atom is 0.436 e. The van der Waals surface area contributed by atoms with E-state index in [9.17, 15) is 26.4 Å². The Balaban J connectivity index is 2.46. The second-order valence-electron chi connectivity index (χ2n) is 5.26. The Morgan fingerprint density at radius 3 is 2.24 bits per heavy atom. The summed E-state index contributed by atoms with van der Waals surface area (Å²) in [4.78, 5) is 14.4. The van der Waals surface area contributed by atoms with E-state index < -0.39 is 39.7 Å². The number of hydrogen-bond acceptors (Lipinski definition) is 5. The van der Waals surface area contributed by atoms with E-state index in [1.54, 1.807) is 6.92 Å². The molecule has 0 bridgehead atoms. The standard InChI is InChI=1S/C14H14F3N3O4S/c1-8(12(18)21)9-3-5-10(6-4-9)20(25(2,22)23)13-19-11(7-24-13)14(15,16)17/h3-8H,1-2H3,(H2,18,21). The summed E-state index contributed by atoms with van der Waals surface area (Å²) in [6.07, 6.45) is -3.65. The summed E-state index contributed by atoms with van der Waals surface area (Å²) in [5.74, 6) is -1.19. The summed E-state index contributed by atoms with van der Waals surface area (Å²) in [5.41, 5.74) is 4.36. The molecule has 1 unspecified atom stereocenters. The van der Waals surface area contributed by atoms with Gasteiger partial charge >= 0.3 is 12.2 Å². The number of aromatic nitrogens is 1. The number of anilines is 2. The van der Waals surface area contributed by atoms with Crippen LogP contribution < -0.4 is 10.0 Å². The molecule has 2 rings (SSSR count). The number of nitrogens with two attached hydrogens (primary N) is 1. The number of primary amides is 1. The number of alkyl halides is 3. The van der Waals surface area contributed by atoms with Gasteiger partial charge < -0.3 is 10.2 Å². The molecule has 2 N–H and O–H groups in total. The molecule has 0 fully saturated rings. The van der Waals surface area contributed by atoms with Crippen LogP contribution in [-0.4, -0.2) is 25.6 Å². The molecule has 7 nitrogen and oxygen atoms in total. The number of carbonyl (C=O) groups is 1. The Hall–Kier alpha value is -2.56. The molecule has 1 heterocycles. The van der Waals surface area contributed by atoms with Crippen LogP contribution in [0.4, 0.5) is 24.9 Å². The van der Waals surface area contributed by atoms with Crippen molar-refractivity contribution in [2.45, 2.75) is 19.0 Å². The number of hydrogen-bond donors (Lipinski definition) is 1. The number of nitrogens with zero attached hydrogens (tertiary/aromatic N) is 2. The van der Waals surface area contributed by atoms with Crippen LogP contribution in [0, 0.1) is 0 Å². The second-order valence-corrected chi connectivity index (χ2v) is 7.09. The van der Waals surface area contributed by atoms with Crippen molar-refractivity contribution in [3.8, 4) is 0 Å². The second kappa shape index (κ2) is 6.39. The lowest BCUT2D eigenvalue weighted by Crippen LogP contribution is -2.25. The molecule has 2 aromatic rings. The maximum atomic E-state index is 12.6. The van der Waals surface area contributed by atoms with E-state index in [-0.39, 0.29) is 5.69 Å². The van der Waals surface area contributed by atoms with Gasteiger partial charge in [0.1, 0.15) is 6.26 Å². The third kappa shape index (κ3) is 4.10. The van der Waals surface area contributed by atoms with E-state index in [1.807, 2.05) is 0 Å². The van der Waals surface area contributed by atoms with Crippen molar-refractivity contribution in [2.24, 2.45) is 5.73 Å². The lowest BCUT2D eigenvalue weighted by molar-refractivity contribution is -0.141. The van der Waals surface area contributed by atoms with Crippen LogP contribution in [0.3, 0.4) is 0 Å². The van der Waals surface area contributed by atoms with E-state index in [4.69, 9.17) is 10.2 Å². The minimum absolute atomic E-state index is 0.00139. The quantitative estimate of drug-likeness (QED) is 0.861. The highest BCUT2D eigenvalue weighted by Crippen LogP contribution is 2.34. The van der Waals surface area contributed by atoms with Crippen LogP contribution in [-0.2, 0) is 21.0 Å². The fraction of sp³-hybridized carbons (Fsp3) is 0.286. The smallest absolute Gasteiger partial charge is 0.430 e. The molecule has 1 aromatic carbocycles. The third-order valence-electron chi connectivity index (χ3n) is 3.34. The van der Waals surface area contributed by atoms with Crippen LogP contribution in [0.15, 0.2) is 34.9 Å². The van der Waals surface area contributed by atoms with Gasteiger partial charge in [0, 0.05) is 0 Å². The summed E-state index contributed by atoms with van der Waals surface area (Å²) in [5, 5.41) is 0. The van der Waals surface area contributed by atoms with Crippen LogP contribution in [0.1, 0.15) is 24.1 Å². The number of oxazole rings is 1. The van der Waals surface area contributed by atoms with Crippen molar-refractivity contribution < 1.29 is 30.8 Å². The molecule has 1 aromatic heterocycles. The number of amides is 1. The van der Waals surface area contributed by atoms with Gasteiger partial charge in [-0.25, -0.2) is 8.42 Å². The highest BCUT2D eigenvalue weighted by Gasteiger charge is 2.37. The van der Waals surface area contributed by atoms with Crippen molar-refractivity contribution in [1.29, 1.82) is 0 Å². The fourth-order valence-corrected chi connectivity index (χ4v) is 2.87. The summed E-state index contributed by atoms with van der Waals surface area (Å²) in [7, 11) is -4.03. The molecule has 0 aliphatic heterocycles. The fourth-order valence-electron chi connectivity index (χ4n) is 1.99. The largest absolute Gasteiger partial charge is 0.436 e. The van der Waals surface area contributed by atoms with Gasteiger partial charge in [0.15, 0.2) is 5.69 Å². The first-order valence-corrected chi connectivity index (χ1v) is 8.68. The van der Waals surface area contributed by atoms with E-state index in [2.05, 4.69) is 4.98 Å². The predicted octanol–water partition coefficient (Wildman–Crippen LogP) is 2.38. The topological polar surface area (TPSA) is 106 Å². The Morgan fingerprint density at radius 2 is 1.84 bits per heavy atom. The van der Waals surface area contributed by atoms with Crippen LogP contribution in [0.5, 0.6) is 0 Å². The molecular weight excluding hydrogens is 363 g/mol. The summed E-state index contributed by atoms with van der Waals surface area (Å²) in [6, 6.07) is 4.76. The Kier molecular flexibility index (Phi) is 4.80. The highest BCUT2D eigenvalue weighted by molar-refractivity contribution is 7.92. The number of carbonyl (C=O) groups excluding carboxylic acids is 1. The van der Waals surface area contributed by atoms with Crippen molar-refractivity contribution in [3.63, 3.8) is 0 Å². The SMILES string of the molecule is CC(C(N)=O)c1ccc(N(c2nc(C(F)(F)F)co2)S(C)(=O)=O)cc1. The van der Waals surface area contributed by atoms with E-state index in [0.717, 1.165) is 6.26 Å². The first-order chi connectivity index (χ1) is 11.4. The maximum absolute atomic E-state index is 12.6. The van der Waals surface area contributed by atoms with Crippen molar-refractivity contribution in [3.05, 3.63) is 41.8 Å². The molecule has 0 saturated heterocycles. The number of rotatable bonds is 5. The molecule has 11 heteroatoms. The molecule has 136 valence electrons. The van der Waals surface area contributed by atoms with E-state index in [0.29, 0.717) is 16.1 Å². The van der Waals surface area contributed by atoms with Gasteiger partial charge in [-0.15, -0.1) is 0 Å². The molecule has 0 aliphatic rings. The monoisotopic (exact) mass is 377 g/mol. The van der Waals surface area contributed by atoms with Crippen LogP contribution >= 0.6 is 0 Å². The molecule has 0 saturated carbocycles.